The van der Waals surface area contributed by atoms with Crippen LogP contribution in [0, 0.1) is 0 Å². The molecule has 1 aromatic heterocycles. The molecule has 140 valence electrons. The Morgan fingerprint density at radius 2 is 1.74 bits per heavy atom. The monoisotopic (exact) mass is 388 g/mol. The van der Waals surface area contributed by atoms with E-state index in [2.05, 4.69) is 4.98 Å². The lowest BCUT2D eigenvalue weighted by Gasteiger charge is -2.42. The molecule has 0 bridgehead atoms. The molecule has 0 saturated carbocycles. The van der Waals surface area contributed by atoms with Crippen molar-refractivity contribution in [1.82, 2.24) is 9.88 Å². The average molecular weight is 388 g/mol. The molecule has 1 unspecified atom stereocenters. The molecule has 27 heavy (non-hydrogen) atoms. The van der Waals surface area contributed by atoms with Crippen LogP contribution in [0.2, 0.25) is 0 Å². The van der Waals surface area contributed by atoms with E-state index in [1.807, 2.05) is 13.0 Å². The molecule has 1 atom stereocenters. The van der Waals surface area contributed by atoms with Gasteiger partial charge in [-0.3, -0.25) is 9.88 Å². The molecule has 4 nitrogen and oxygen atoms in total. The molecule has 0 aliphatic carbocycles. The number of alkyl halides is 2. The minimum absolute atomic E-state index is 0.112. The van der Waals surface area contributed by atoms with Crippen molar-refractivity contribution >= 4 is 20.7 Å². The average Bonchev–Trinajstić information content (AvgIpc) is 2.65. The van der Waals surface area contributed by atoms with Gasteiger partial charge in [0.05, 0.1) is 28.4 Å². The van der Waals surface area contributed by atoms with E-state index in [9.17, 15) is 17.2 Å². The zero-order chi connectivity index (χ0) is 19.2. The summed E-state index contributed by atoms with van der Waals surface area (Å²) in [6, 6.07) is 15.0. The molecular formula is C20H18F2N2O2S. The molecule has 1 fully saturated rings. The van der Waals surface area contributed by atoms with E-state index in [0.29, 0.717) is 10.9 Å². The Hall–Kier alpha value is -2.38. The quantitative estimate of drug-likeness (QED) is 0.676. The number of hydrogen-bond donors (Lipinski definition) is 0. The maximum absolute atomic E-state index is 13.2. The number of aromatic nitrogens is 1. The van der Waals surface area contributed by atoms with Gasteiger partial charge in [0.15, 0.2) is 0 Å². The van der Waals surface area contributed by atoms with Crippen LogP contribution in [-0.2, 0) is 9.84 Å². The summed E-state index contributed by atoms with van der Waals surface area (Å²) < 4.78 is 52.0. The second-order valence-corrected chi connectivity index (χ2v) is 8.79. The first-order valence-electron chi connectivity index (χ1n) is 8.59. The van der Waals surface area contributed by atoms with Gasteiger partial charge in [0.25, 0.3) is 5.92 Å². The minimum Gasteiger partial charge on any atom is -0.284 e. The third-order valence-corrected chi connectivity index (χ3v) is 6.68. The highest BCUT2D eigenvalue weighted by molar-refractivity contribution is 7.91. The smallest absolute Gasteiger partial charge is 0.272 e. The number of nitrogens with zero attached hydrogens (tertiary/aromatic N) is 2. The Bertz CT molecular complexity index is 1090. The second kappa shape index (κ2) is 6.35. The molecule has 0 radical (unpaired) electrons. The van der Waals surface area contributed by atoms with Gasteiger partial charge in [0.1, 0.15) is 0 Å². The van der Waals surface area contributed by atoms with Gasteiger partial charge in [-0.2, -0.15) is 0 Å². The molecular weight excluding hydrogens is 370 g/mol. The van der Waals surface area contributed by atoms with Gasteiger partial charge in [0, 0.05) is 17.6 Å². The van der Waals surface area contributed by atoms with Crippen LogP contribution in [-0.4, -0.2) is 37.3 Å². The number of rotatable bonds is 4. The van der Waals surface area contributed by atoms with Crippen molar-refractivity contribution in [3.8, 4) is 0 Å². The topological polar surface area (TPSA) is 50.3 Å². The number of halogens is 2. The van der Waals surface area contributed by atoms with E-state index in [1.165, 1.54) is 6.20 Å². The van der Waals surface area contributed by atoms with Crippen LogP contribution in [0.15, 0.2) is 70.6 Å². The molecule has 0 spiro atoms. The first kappa shape index (κ1) is 18.0. The van der Waals surface area contributed by atoms with Crippen molar-refractivity contribution in [2.45, 2.75) is 28.7 Å². The number of benzene rings is 2. The van der Waals surface area contributed by atoms with E-state index in [-0.39, 0.29) is 28.9 Å². The standard InChI is InChI=1S/C20H18F2N2O2S/c1-14(24-12-20(21,22)13-24)18-9-5-6-15-10-17(11-23-19(15)18)27(25,26)16-7-3-2-4-8-16/h2-11,14H,12-13H2,1H3. The summed E-state index contributed by atoms with van der Waals surface area (Å²) in [5.74, 6) is -2.64. The Labute approximate surface area is 156 Å². The normalized spacial score (nSPS) is 18.2. The van der Waals surface area contributed by atoms with Gasteiger partial charge in [-0.05, 0) is 30.7 Å². The molecule has 2 heterocycles. The Kier molecular flexibility index (Phi) is 4.24. The van der Waals surface area contributed by atoms with Crippen molar-refractivity contribution < 1.29 is 17.2 Å². The fourth-order valence-electron chi connectivity index (χ4n) is 3.40. The molecule has 1 saturated heterocycles. The molecule has 7 heteroatoms. The van der Waals surface area contributed by atoms with Crippen molar-refractivity contribution in [3.05, 3.63) is 66.4 Å². The maximum atomic E-state index is 13.2. The molecule has 2 aromatic carbocycles. The Balaban J connectivity index is 1.73. The highest BCUT2D eigenvalue weighted by Gasteiger charge is 2.46. The lowest BCUT2D eigenvalue weighted by atomic mass is 9.99. The van der Waals surface area contributed by atoms with Gasteiger partial charge in [-0.25, -0.2) is 17.2 Å². The number of fused-ring (bicyclic) bond motifs is 1. The SMILES string of the molecule is CC(c1cccc2cc(S(=O)(=O)c3ccccc3)cnc12)N1CC(F)(F)C1. The predicted octanol–water partition coefficient (Wildman–Crippen LogP) is 4.08. The Morgan fingerprint density at radius 1 is 1.04 bits per heavy atom. The molecule has 0 amide bonds. The highest BCUT2D eigenvalue weighted by Crippen LogP contribution is 2.36. The molecule has 4 rings (SSSR count). The summed E-state index contributed by atoms with van der Waals surface area (Å²) in [7, 11) is -3.66. The maximum Gasteiger partial charge on any atom is 0.272 e. The number of likely N-dealkylation sites (tertiary alicyclic amines) is 1. The third-order valence-electron chi connectivity index (χ3n) is 4.95. The van der Waals surface area contributed by atoms with Crippen LogP contribution < -0.4 is 0 Å². The van der Waals surface area contributed by atoms with Crippen molar-refractivity contribution in [1.29, 1.82) is 0 Å². The molecule has 3 aromatic rings. The summed E-state index contributed by atoms with van der Waals surface area (Å²) in [4.78, 5) is 6.38. The summed E-state index contributed by atoms with van der Waals surface area (Å²) in [6.45, 7) is 1.32. The van der Waals surface area contributed by atoms with E-state index in [0.717, 1.165) is 5.56 Å². The zero-order valence-corrected chi connectivity index (χ0v) is 15.5. The lowest BCUT2D eigenvalue weighted by molar-refractivity contribution is -0.144. The van der Waals surface area contributed by atoms with Crippen LogP contribution in [0.4, 0.5) is 8.78 Å². The van der Waals surface area contributed by atoms with Gasteiger partial charge in [-0.15, -0.1) is 0 Å². The van der Waals surface area contributed by atoms with E-state index in [4.69, 9.17) is 0 Å². The first-order chi connectivity index (χ1) is 12.8. The van der Waals surface area contributed by atoms with Crippen LogP contribution in [0.3, 0.4) is 0 Å². The molecule has 1 aliphatic rings. The first-order valence-corrected chi connectivity index (χ1v) is 10.1. The fourth-order valence-corrected chi connectivity index (χ4v) is 4.66. The summed E-state index contributed by atoms with van der Waals surface area (Å²) in [5, 5.41) is 0.670. The second-order valence-electron chi connectivity index (χ2n) is 6.84. The minimum atomic E-state index is -3.66. The summed E-state index contributed by atoms with van der Waals surface area (Å²) >= 11 is 0. The fraction of sp³-hybridized carbons (Fsp3) is 0.250. The van der Waals surface area contributed by atoms with Gasteiger partial charge < -0.3 is 0 Å². The van der Waals surface area contributed by atoms with Crippen LogP contribution in [0.5, 0.6) is 0 Å². The number of sulfone groups is 1. The summed E-state index contributed by atoms with van der Waals surface area (Å²) in [6.07, 6.45) is 1.34. The van der Waals surface area contributed by atoms with E-state index < -0.39 is 15.8 Å². The Morgan fingerprint density at radius 3 is 2.41 bits per heavy atom. The zero-order valence-electron chi connectivity index (χ0n) is 14.6. The van der Waals surface area contributed by atoms with Crippen LogP contribution in [0.25, 0.3) is 10.9 Å². The lowest BCUT2D eigenvalue weighted by Crippen LogP contribution is -2.56. The highest BCUT2D eigenvalue weighted by atomic mass is 32.2. The van der Waals surface area contributed by atoms with Gasteiger partial charge >= 0.3 is 0 Å². The van der Waals surface area contributed by atoms with E-state index >= 15 is 0 Å². The van der Waals surface area contributed by atoms with Gasteiger partial charge in [-0.1, -0.05) is 36.4 Å². The van der Waals surface area contributed by atoms with Crippen LogP contribution >= 0.6 is 0 Å². The largest absolute Gasteiger partial charge is 0.284 e. The number of pyridine rings is 1. The number of para-hydroxylation sites is 1. The molecule has 0 N–H and O–H groups in total. The third kappa shape index (κ3) is 3.21. The van der Waals surface area contributed by atoms with Gasteiger partial charge in [0.2, 0.25) is 9.84 Å². The van der Waals surface area contributed by atoms with Crippen molar-refractivity contribution in [3.63, 3.8) is 0 Å². The summed E-state index contributed by atoms with van der Waals surface area (Å²) in [5.41, 5.74) is 1.44. The van der Waals surface area contributed by atoms with E-state index in [1.54, 1.807) is 53.4 Å². The van der Waals surface area contributed by atoms with Crippen molar-refractivity contribution in [2.75, 3.05) is 13.1 Å². The number of hydrogen-bond acceptors (Lipinski definition) is 4. The molecule has 1 aliphatic heterocycles. The predicted molar refractivity (Wildman–Crippen MR) is 98.6 cm³/mol. The van der Waals surface area contributed by atoms with Crippen molar-refractivity contribution in [2.24, 2.45) is 0 Å². The van der Waals surface area contributed by atoms with Crippen LogP contribution in [0.1, 0.15) is 18.5 Å².